The molecule has 2 aliphatic rings. The number of hydrogen-bond acceptors (Lipinski definition) is 2. The van der Waals surface area contributed by atoms with Crippen molar-refractivity contribution in [3.8, 4) is 5.69 Å². The van der Waals surface area contributed by atoms with Crippen LogP contribution >= 0.6 is 0 Å². The molecule has 24 heavy (non-hydrogen) atoms. The van der Waals surface area contributed by atoms with E-state index in [4.69, 9.17) is 0 Å². The van der Waals surface area contributed by atoms with Crippen LogP contribution in [0, 0.1) is 6.92 Å². The van der Waals surface area contributed by atoms with Gasteiger partial charge >= 0.3 is 0 Å². The van der Waals surface area contributed by atoms with Crippen molar-refractivity contribution in [2.24, 2.45) is 0 Å². The van der Waals surface area contributed by atoms with Gasteiger partial charge in [0.25, 0.3) is 5.91 Å². The van der Waals surface area contributed by atoms with Crippen molar-refractivity contribution in [3.05, 3.63) is 47.3 Å². The van der Waals surface area contributed by atoms with Gasteiger partial charge in [0.2, 0.25) is 0 Å². The summed E-state index contributed by atoms with van der Waals surface area (Å²) in [5, 5.41) is 7.82. The fourth-order valence-corrected chi connectivity index (χ4v) is 3.79. The number of carbonyl (C=O) groups excluding carboxylic acids is 1. The molecule has 4 nitrogen and oxygen atoms in total. The predicted octanol–water partition coefficient (Wildman–Crippen LogP) is 4.12. The zero-order valence-electron chi connectivity index (χ0n) is 14.3. The maximum Gasteiger partial charge on any atom is 0.255 e. The third-order valence-electron chi connectivity index (χ3n) is 5.30. The monoisotopic (exact) mass is 323 g/mol. The lowest BCUT2D eigenvalue weighted by Crippen LogP contribution is -2.36. The summed E-state index contributed by atoms with van der Waals surface area (Å²) in [7, 11) is 0. The number of para-hydroxylation sites is 1. The van der Waals surface area contributed by atoms with E-state index < -0.39 is 0 Å². The highest BCUT2D eigenvalue weighted by molar-refractivity contribution is 5.95. The smallest absolute Gasteiger partial charge is 0.255 e. The largest absolute Gasteiger partial charge is 0.349 e. The van der Waals surface area contributed by atoms with Crippen molar-refractivity contribution in [2.75, 3.05) is 0 Å². The van der Waals surface area contributed by atoms with Gasteiger partial charge in [0.05, 0.1) is 23.1 Å². The average molecular weight is 323 g/mol. The van der Waals surface area contributed by atoms with Crippen LogP contribution in [0.1, 0.15) is 72.5 Å². The summed E-state index contributed by atoms with van der Waals surface area (Å²) in [5.41, 5.74) is 4.13. The predicted molar refractivity (Wildman–Crippen MR) is 94.6 cm³/mol. The Balaban J connectivity index is 1.64. The van der Waals surface area contributed by atoms with Gasteiger partial charge in [0.15, 0.2) is 0 Å². The minimum Gasteiger partial charge on any atom is -0.349 e. The SMILES string of the molecule is Cc1ccccc1-n1ncc(C(=O)NC2CCCCC2)c1C1CC1. The second-order valence-electron chi connectivity index (χ2n) is 7.22. The summed E-state index contributed by atoms with van der Waals surface area (Å²) in [4.78, 5) is 12.8. The highest BCUT2D eigenvalue weighted by Crippen LogP contribution is 2.42. The average Bonchev–Trinajstić information content (AvgIpc) is 3.34. The number of benzene rings is 1. The van der Waals surface area contributed by atoms with E-state index in [0.29, 0.717) is 12.0 Å². The Morgan fingerprint density at radius 2 is 1.88 bits per heavy atom. The van der Waals surface area contributed by atoms with Gasteiger partial charge in [0.1, 0.15) is 0 Å². The summed E-state index contributed by atoms with van der Waals surface area (Å²) in [6.07, 6.45) is 10.0. The minimum atomic E-state index is 0.0589. The number of aromatic nitrogens is 2. The van der Waals surface area contributed by atoms with Crippen LogP contribution in [-0.2, 0) is 0 Å². The summed E-state index contributed by atoms with van der Waals surface area (Å²) < 4.78 is 1.99. The molecule has 0 bridgehead atoms. The van der Waals surface area contributed by atoms with Crippen molar-refractivity contribution in [3.63, 3.8) is 0 Å². The Morgan fingerprint density at radius 1 is 1.12 bits per heavy atom. The normalized spacial score (nSPS) is 18.5. The zero-order valence-corrected chi connectivity index (χ0v) is 14.3. The van der Waals surface area contributed by atoms with Gasteiger partial charge in [-0.25, -0.2) is 4.68 Å². The number of rotatable bonds is 4. The van der Waals surface area contributed by atoms with Gasteiger partial charge in [0, 0.05) is 12.0 Å². The quantitative estimate of drug-likeness (QED) is 0.920. The summed E-state index contributed by atoms with van der Waals surface area (Å²) >= 11 is 0. The third kappa shape index (κ3) is 2.97. The van der Waals surface area contributed by atoms with Crippen LogP contribution < -0.4 is 5.32 Å². The molecule has 1 heterocycles. The molecule has 1 amide bonds. The van der Waals surface area contributed by atoms with E-state index in [0.717, 1.165) is 42.6 Å². The fraction of sp³-hybridized carbons (Fsp3) is 0.500. The van der Waals surface area contributed by atoms with Gasteiger partial charge in [-0.05, 0) is 44.2 Å². The fourth-order valence-electron chi connectivity index (χ4n) is 3.79. The molecule has 2 saturated carbocycles. The number of carbonyl (C=O) groups is 1. The molecule has 1 aromatic carbocycles. The lowest BCUT2D eigenvalue weighted by molar-refractivity contribution is 0.0926. The molecule has 2 aromatic rings. The minimum absolute atomic E-state index is 0.0589. The molecular formula is C20H25N3O. The van der Waals surface area contributed by atoms with Crippen molar-refractivity contribution in [1.82, 2.24) is 15.1 Å². The van der Waals surface area contributed by atoms with Crippen LogP contribution in [0.2, 0.25) is 0 Å². The molecule has 2 fully saturated rings. The Labute approximate surface area is 143 Å². The lowest BCUT2D eigenvalue weighted by atomic mass is 9.95. The molecule has 1 aromatic heterocycles. The van der Waals surface area contributed by atoms with Crippen LogP contribution in [0.5, 0.6) is 0 Å². The van der Waals surface area contributed by atoms with E-state index in [1.54, 1.807) is 6.20 Å². The number of aryl methyl sites for hydroxylation is 1. The van der Waals surface area contributed by atoms with Crippen LogP contribution in [0.25, 0.3) is 5.69 Å². The topological polar surface area (TPSA) is 46.9 Å². The first-order chi connectivity index (χ1) is 11.7. The van der Waals surface area contributed by atoms with Gasteiger partial charge in [-0.3, -0.25) is 4.79 Å². The summed E-state index contributed by atoms with van der Waals surface area (Å²) in [6, 6.07) is 8.57. The molecule has 0 spiro atoms. The number of hydrogen-bond donors (Lipinski definition) is 1. The van der Waals surface area contributed by atoms with Gasteiger partial charge < -0.3 is 5.32 Å². The van der Waals surface area contributed by atoms with Crippen molar-refractivity contribution < 1.29 is 4.79 Å². The molecule has 4 heteroatoms. The third-order valence-corrected chi connectivity index (χ3v) is 5.30. The van der Waals surface area contributed by atoms with Gasteiger partial charge in [-0.15, -0.1) is 0 Å². The van der Waals surface area contributed by atoms with Gasteiger partial charge in [-0.1, -0.05) is 37.5 Å². The van der Waals surface area contributed by atoms with Gasteiger partial charge in [-0.2, -0.15) is 5.10 Å². The van der Waals surface area contributed by atoms with E-state index in [1.807, 2.05) is 16.8 Å². The Kier molecular flexibility index (Phi) is 4.13. The summed E-state index contributed by atoms with van der Waals surface area (Å²) in [5.74, 6) is 0.530. The zero-order chi connectivity index (χ0) is 16.5. The molecule has 4 rings (SSSR count). The van der Waals surface area contributed by atoms with E-state index in [2.05, 4.69) is 29.5 Å². The first kappa shape index (κ1) is 15.4. The maximum absolute atomic E-state index is 12.8. The van der Waals surface area contributed by atoms with E-state index in [1.165, 1.54) is 24.8 Å². The van der Waals surface area contributed by atoms with E-state index in [9.17, 15) is 4.79 Å². The molecule has 0 saturated heterocycles. The Hall–Kier alpha value is -2.10. The standard InChI is InChI=1S/C20H25N3O/c1-14-7-5-6-10-18(14)23-19(15-11-12-15)17(13-21-23)20(24)22-16-8-3-2-4-9-16/h5-7,10,13,15-16H,2-4,8-9,11-12H2,1H3,(H,22,24). The number of amides is 1. The number of nitrogens with one attached hydrogen (secondary N) is 1. The second kappa shape index (κ2) is 6.42. The molecule has 1 N–H and O–H groups in total. The molecule has 126 valence electrons. The van der Waals surface area contributed by atoms with Crippen LogP contribution in [0.4, 0.5) is 0 Å². The first-order valence-corrected chi connectivity index (χ1v) is 9.19. The van der Waals surface area contributed by atoms with Crippen molar-refractivity contribution >= 4 is 5.91 Å². The van der Waals surface area contributed by atoms with E-state index in [-0.39, 0.29) is 5.91 Å². The molecule has 0 aliphatic heterocycles. The molecule has 0 atom stereocenters. The lowest BCUT2D eigenvalue weighted by Gasteiger charge is -2.22. The second-order valence-corrected chi connectivity index (χ2v) is 7.22. The molecule has 0 radical (unpaired) electrons. The highest BCUT2D eigenvalue weighted by atomic mass is 16.1. The highest BCUT2D eigenvalue weighted by Gasteiger charge is 2.33. The van der Waals surface area contributed by atoms with Crippen molar-refractivity contribution in [2.45, 2.75) is 63.8 Å². The first-order valence-electron chi connectivity index (χ1n) is 9.19. The summed E-state index contributed by atoms with van der Waals surface area (Å²) in [6.45, 7) is 2.09. The van der Waals surface area contributed by atoms with Crippen LogP contribution in [-0.4, -0.2) is 21.7 Å². The molecule has 2 aliphatic carbocycles. The Morgan fingerprint density at radius 3 is 2.58 bits per heavy atom. The Bertz CT molecular complexity index is 739. The van der Waals surface area contributed by atoms with Crippen molar-refractivity contribution in [1.29, 1.82) is 0 Å². The molecule has 0 unspecified atom stereocenters. The molecular weight excluding hydrogens is 298 g/mol. The van der Waals surface area contributed by atoms with E-state index >= 15 is 0 Å². The van der Waals surface area contributed by atoms with Crippen LogP contribution in [0.15, 0.2) is 30.5 Å². The maximum atomic E-state index is 12.8. The number of nitrogens with zero attached hydrogens (tertiary/aromatic N) is 2. The van der Waals surface area contributed by atoms with Crippen LogP contribution in [0.3, 0.4) is 0 Å².